The zero-order chi connectivity index (χ0) is 14.9. The van der Waals surface area contributed by atoms with Crippen LogP contribution in [0.3, 0.4) is 0 Å². The van der Waals surface area contributed by atoms with E-state index in [1.165, 1.54) is 4.90 Å². The van der Waals surface area contributed by atoms with Crippen molar-refractivity contribution in [3.63, 3.8) is 0 Å². The first-order valence-corrected chi connectivity index (χ1v) is 6.82. The van der Waals surface area contributed by atoms with E-state index in [-0.39, 0.29) is 12.3 Å². The third kappa shape index (κ3) is 2.42. The van der Waals surface area contributed by atoms with Gasteiger partial charge in [-0.1, -0.05) is 5.16 Å². The Kier molecular flexibility index (Phi) is 3.83. The lowest BCUT2D eigenvalue weighted by Gasteiger charge is -2.41. The molecule has 1 aliphatic heterocycles. The van der Waals surface area contributed by atoms with E-state index in [0.717, 1.165) is 18.4 Å². The van der Waals surface area contributed by atoms with Crippen LogP contribution in [0.25, 0.3) is 0 Å². The van der Waals surface area contributed by atoms with Crippen LogP contribution >= 0.6 is 0 Å². The van der Waals surface area contributed by atoms with E-state index in [1.807, 2.05) is 0 Å². The van der Waals surface area contributed by atoms with Gasteiger partial charge in [-0.2, -0.15) is 0 Å². The van der Waals surface area contributed by atoms with Crippen molar-refractivity contribution < 1.29 is 19.2 Å². The minimum Gasteiger partial charge on any atom is -0.480 e. The van der Waals surface area contributed by atoms with E-state index in [0.29, 0.717) is 24.4 Å². The molecule has 1 fully saturated rings. The van der Waals surface area contributed by atoms with Crippen LogP contribution in [-0.4, -0.2) is 39.1 Å². The highest BCUT2D eigenvalue weighted by Crippen LogP contribution is 2.29. The zero-order valence-electron chi connectivity index (χ0n) is 12.1. The number of piperidine rings is 1. The maximum atomic E-state index is 12.5. The van der Waals surface area contributed by atoms with Crippen molar-refractivity contribution in [1.29, 1.82) is 0 Å². The molecular formula is C14H20N2O4. The van der Waals surface area contributed by atoms with Crippen LogP contribution in [0.1, 0.15) is 43.2 Å². The van der Waals surface area contributed by atoms with Gasteiger partial charge in [-0.15, -0.1) is 0 Å². The Morgan fingerprint density at radius 3 is 2.65 bits per heavy atom. The fourth-order valence-electron chi connectivity index (χ4n) is 2.74. The largest absolute Gasteiger partial charge is 0.480 e. The number of rotatable bonds is 3. The van der Waals surface area contributed by atoms with E-state index < -0.39 is 11.5 Å². The van der Waals surface area contributed by atoms with Gasteiger partial charge in [-0.3, -0.25) is 4.79 Å². The summed E-state index contributed by atoms with van der Waals surface area (Å²) in [5.41, 5.74) is 0.340. The molecule has 110 valence electrons. The number of carboxylic acid groups (broad SMARTS) is 1. The van der Waals surface area contributed by atoms with Crippen molar-refractivity contribution >= 4 is 11.9 Å². The van der Waals surface area contributed by atoms with E-state index in [2.05, 4.69) is 5.16 Å². The monoisotopic (exact) mass is 280 g/mol. The summed E-state index contributed by atoms with van der Waals surface area (Å²) in [6, 6.07) is 0. The van der Waals surface area contributed by atoms with E-state index in [1.54, 1.807) is 20.8 Å². The number of amides is 1. The second-order valence-electron chi connectivity index (χ2n) is 5.56. The van der Waals surface area contributed by atoms with Crippen molar-refractivity contribution in [2.75, 3.05) is 6.54 Å². The molecule has 0 radical (unpaired) electrons. The molecular weight excluding hydrogens is 260 g/mol. The van der Waals surface area contributed by atoms with Gasteiger partial charge in [0.25, 0.3) is 0 Å². The average Bonchev–Trinajstić information content (AvgIpc) is 2.70. The van der Waals surface area contributed by atoms with E-state index in [9.17, 15) is 14.7 Å². The Balaban J connectivity index is 2.21. The first kappa shape index (κ1) is 14.6. The number of aliphatic carboxylic acids is 1. The van der Waals surface area contributed by atoms with Crippen molar-refractivity contribution in [3.05, 3.63) is 17.0 Å². The van der Waals surface area contributed by atoms with Crippen molar-refractivity contribution in [2.45, 2.75) is 52.0 Å². The Hall–Kier alpha value is -1.85. The molecule has 1 aromatic heterocycles. The number of carbonyl (C=O) groups is 2. The maximum Gasteiger partial charge on any atom is 0.329 e. The van der Waals surface area contributed by atoms with Crippen molar-refractivity contribution in [3.8, 4) is 0 Å². The molecule has 1 saturated heterocycles. The number of nitrogens with zero attached hydrogens (tertiary/aromatic N) is 2. The number of likely N-dealkylation sites (tertiary alicyclic amines) is 1. The highest BCUT2D eigenvalue weighted by atomic mass is 16.5. The fourth-order valence-corrected chi connectivity index (χ4v) is 2.74. The SMILES string of the molecule is Cc1noc(C)c1CC(=O)N1CCCCC1(C)C(=O)O. The quantitative estimate of drug-likeness (QED) is 0.910. The van der Waals surface area contributed by atoms with Crippen LogP contribution in [0.15, 0.2) is 4.52 Å². The molecule has 6 heteroatoms. The molecule has 0 spiro atoms. The van der Waals surface area contributed by atoms with Gasteiger partial charge in [0.2, 0.25) is 5.91 Å². The van der Waals surface area contributed by atoms with Gasteiger partial charge in [0.1, 0.15) is 11.3 Å². The number of aryl methyl sites for hydroxylation is 2. The van der Waals surface area contributed by atoms with Gasteiger partial charge >= 0.3 is 5.97 Å². The molecule has 0 aliphatic carbocycles. The molecule has 1 aliphatic rings. The summed E-state index contributed by atoms with van der Waals surface area (Å²) in [5, 5.41) is 13.3. The second kappa shape index (κ2) is 5.26. The van der Waals surface area contributed by atoms with Gasteiger partial charge in [0, 0.05) is 12.1 Å². The molecule has 6 nitrogen and oxygen atoms in total. The van der Waals surface area contributed by atoms with Gasteiger partial charge in [-0.25, -0.2) is 4.79 Å². The Morgan fingerprint density at radius 1 is 1.40 bits per heavy atom. The summed E-state index contributed by atoms with van der Waals surface area (Å²) in [7, 11) is 0. The number of carbonyl (C=O) groups excluding carboxylic acids is 1. The first-order chi connectivity index (χ1) is 9.36. The van der Waals surface area contributed by atoms with Crippen molar-refractivity contribution in [2.24, 2.45) is 0 Å². The third-order valence-corrected chi connectivity index (χ3v) is 4.16. The van der Waals surface area contributed by atoms with E-state index in [4.69, 9.17) is 4.52 Å². The molecule has 1 aromatic rings. The van der Waals surface area contributed by atoms with Gasteiger partial charge in [0.05, 0.1) is 12.1 Å². The minimum absolute atomic E-state index is 0.143. The predicted molar refractivity (Wildman–Crippen MR) is 71.3 cm³/mol. The Bertz CT molecular complexity index is 518. The first-order valence-electron chi connectivity index (χ1n) is 6.82. The van der Waals surface area contributed by atoms with Gasteiger partial charge in [-0.05, 0) is 40.0 Å². The molecule has 2 rings (SSSR count). The molecule has 1 atom stereocenters. The summed E-state index contributed by atoms with van der Waals surface area (Å²) >= 11 is 0. The van der Waals surface area contributed by atoms with Crippen LogP contribution < -0.4 is 0 Å². The minimum atomic E-state index is -1.10. The van der Waals surface area contributed by atoms with Crippen molar-refractivity contribution in [1.82, 2.24) is 10.1 Å². The lowest BCUT2D eigenvalue weighted by Crippen LogP contribution is -2.57. The van der Waals surface area contributed by atoms with Gasteiger partial charge in [0.15, 0.2) is 0 Å². The maximum absolute atomic E-state index is 12.5. The highest BCUT2D eigenvalue weighted by Gasteiger charge is 2.43. The third-order valence-electron chi connectivity index (χ3n) is 4.16. The van der Waals surface area contributed by atoms with Crippen LogP contribution in [0.2, 0.25) is 0 Å². The highest BCUT2D eigenvalue weighted by molar-refractivity contribution is 5.88. The predicted octanol–water partition coefficient (Wildman–Crippen LogP) is 1.69. The molecule has 1 unspecified atom stereocenters. The molecule has 1 N–H and O–H groups in total. The summed E-state index contributed by atoms with van der Waals surface area (Å²) in [6.07, 6.45) is 2.31. The molecule has 2 heterocycles. The van der Waals surface area contributed by atoms with Crippen LogP contribution in [0.5, 0.6) is 0 Å². The van der Waals surface area contributed by atoms with Crippen LogP contribution in [0.4, 0.5) is 0 Å². The topological polar surface area (TPSA) is 83.6 Å². The summed E-state index contributed by atoms with van der Waals surface area (Å²) in [5.74, 6) is -0.502. The van der Waals surface area contributed by atoms with Crippen LogP contribution in [0, 0.1) is 13.8 Å². The van der Waals surface area contributed by atoms with Gasteiger partial charge < -0.3 is 14.5 Å². The smallest absolute Gasteiger partial charge is 0.329 e. The Morgan fingerprint density at radius 2 is 2.10 bits per heavy atom. The molecule has 1 amide bonds. The summed E-state index contributed by atoms with van der Waals surface area (Å²) in [6.45, 7) is 5.66. The second-order valence-corrected chi connectivity index (χ2v) is 5.56. The lowest BCUT2D eigenvalue weighted by atomic mass is 9.88. The average molecular weight is 280 g/mol. The molecule has 20 heavy (non-hydrogen) atoms. The summed E-state index contributed by atoms with van der Waals surface area (Å²) < 4.78 is 5.05. The molecule has 0 aromatic carbocycles. The standard InChI is InChI=1S/C14H20N2O4/c1-9-11(10(2)20-15-9)8-12(17)16-7-5-4-6-14(16,3)13(18)19/h4-8H2,1-3H3,(H,18,19). The lowest BCUT2D eigenvalue weighted by molar-refractivity contribution is -0.160. The Labute approximate surface area is 117 Å². The molecule has 0 bridgehead atoms. The molecule has 0 saturated carbocycles. The van der Waals surface area contributed by atoms with Crippen LogP contribution in [-0.2, 0) is 16.0 Å². The number of hydrogen-bond donors (Lipinski definition) is 1. The number of carboxylic acids is 1. The zero-order valence-corrected chi connectivity index (χ0v) is 12.1. The summed E-state index contributed by atoms with van der Waals surface area (Å²) in [4.78, 5) is 25.5. The fraction of sp³-hybridized carbons (Fsp3) is 0.643. The number of aromatic nitrogens is 1. The normalized spacial score (nSPS) is 22.9. The van der Waals surface area contributed by atoms with E-state index >= 15 is 0 Å². The number of hydrogen-bond acceptors (Lipinski definition) is 4.